The highest BCUT2D eigenvalue weighted by Gasteiger charge is 2.15. The molecule has 0 aliphatic carbocycles. The molecule has 1 rings (SSSR count). The lowest BCUT2D eigenvalue weighted by molar-refractivity contribution is 0.0713. The average Bonchev–Trinajstić information content (AvgIpc) is 2.52. The molecule has 0 saturated carbocycles. The fourth-order valence-electron chi connectivity index (χ4n) is 1.76. The smallest absolute Gasteiger partial charge is 0.272 e. The van der Waals surface area contributed by atoms with Gasteiger partial charge < -0.3 is 15.1 Å². The van der Waals surface area contributed by atoms with E-state index in [1.54, 1.807) is 23.2 Å². The quantitative estimate of drug-likeness (QED) is 0.736. The number of carbonyl (C=O) groups is 1. The van der Waals surface area contributed by atoms with Crippen molar-refractivity contribution in [2.75, 3.05) is 26.3 Å². The third-order valence-corrected chi connectivity index (χ3v) is 2.89. The van der Waals surface area contributed by atoms with Crippen LogP contribution in [0.4, 0.5) is 0 Å². The Morgan fingerprint density at radius 1 is 1.29 bits per heavy atom. The second-order valence-electron chi connectivity index (χ2n) is 4.58. The Kier molecular flexibility index (Phi) is 8.10. The Balaban J connectivity index is 2.74. The number of amides is 1. The summed E-state index contributed by atoms with van der Waals surface area (Å²) >= 11 is 0. The van der Waals surface area contributed by atoms with Gasteiger partial charge in [0.25, 0.3) is 5.91 Å². The number of aliphatic hydroxyl groups excluding tert-OH is 2. The predicted octanol–water partition coefficient (Wildman–Crippen LogP) is 1.05. The molecule has 2 N–H and O–H groups in total. The molecule has 1 aromatic rings. The summed E-state index contributed by atoms with van der Waals surface area (Å²) < 4.78 is 0. The Hall–Kier alpha value is -1.90. The predicted molar refractivity (Wildman–Crippen MR) is 80.7 cm³/mol. The zero-order valence-corrected chi connectivity index (χ0v) is 12.4. The summed E-state index contributed by atoms with van der Waals surface area (Å²) in [6, 6.07) is 3.38. The standard InChI is InChI=1S/C16H22N2O3/c1-2-3-9-18(10-12-20)16(21)15-8-7-14(13-17-15)6-4-5-11-19/h7-8,13,19-20H,2-3,5,9-12H2,1H3. The van der Waals surface area contributed by atoms with Gasteiger partial charge in [0, 0.05) is 31.3 Å². The molecule has 5 nitrogen and oxygen atoms in total. The van der Waals surface area contributed by atoms with Gasteiger partial charge in [-0.1, -0.05) is 25.2 Å². The van der Waals surface area contributed by atoms with Crippen molar-refractivity contribution in [3.8, 4) is 11.8 Å². The first-order valence-electron chi connectivity index (χ1n) is 7.18. The van der Waals surface area contributed by atoms with E-state index in [1.807, 2.05) is 0 Å². The number of pyridine rings is 1. The molecule has 0 fully saturated rings. The molecule has 114 valence electrons. The lowest BCUT2D eigenvalue weighted by Crippen LogP contribution is -2.34. The van der Waals surface area contributed by atoms with Gasteiger partial charge in [-0.05, 0) is 18.6 Å². The number of hydrogen-bond donors (Lipinski definition) is 2. The van der Waals surface area contributed by atoms with Crippen molar-refractivity contribution in [2.45, 2.75) is 26.2 Å². The Morgan fingerprint density at radius 3 is 2.67 bits per heavy atom. The van der Waals surface area contributed by atoms with Crippen molar-refractivity contribution in [1.29, 1.82) is 0 Å². The zero-order valence-electron chi connectivity index (χ0n) is 12.4. The fraction of sp³-hybridized carbons (Fsp3) is 0.500. The van der Waals surface area contributed by atoms with Crippen LogP contribution in [0.25, 0.3) is 0 Å². The number of hydrogen-bond acceptors (Lipinski definition) is 4. The molecule has 0 unspecified atom stereocenters. The largest absolute Gasteiger partial charge is 0.395 e. The van der Waals surface area contributed by atoms with Crippen molar-refractivity contribution in [2.24, 2.45) is 0 Å². The average molecular weight is 290 g/mol. The number of nitrogens with zero attached hydrogens (tertiary/aromatic N) is 2. The summed E-state index contributed by atoms with van der Waals surface area (Å²) in [6.45, 7) is 2.97. The van der Waals surface area contributed by atoms with Crippen LogP contribution in [0.15, 0.2) is 18.3 Å². The highest BCUT2D eigenvalue weighted by Crippen LogP contribution is 2.05. The SMILES string of the molecule is CCCCN(CCO)C(=O)c1ccc(C#CCCO)cn1. The van der Waals surface area contributed by atoms with E-state index in [0.717, 1.165) is 12.8 Å². The van der Waals surface area contributed by atoms with Gasteiger partial charge in [-0.25, -0.2) is 4.98 Å². The molecule has 1 heterocycles. The lowest BCUT2D eigenvalue weighted by atomic mass is 10.2. The van der Waals surface area contributed by atoms with Crippen molar-refractivity contribution in [3.05, 3.63) is 29.6 Å². The van der Waals surface area contributed by atoms with E-state index in [1.165, 1.54) is 0 Å². The molecule has 0 saturated heterocycles. The van der Waals surface area contributed by atoms with Gasteiger partial charge >= 0.3 is 0 Å². The molecule has 0 atom stereocenters. The summed E-state index contributed by atoms with van der Waals surface area (Å²) in [5.74, 6) is 5.49. The van der Waals surface area contributed by atoms with Crippen LogP contribution < -0.4 is 0 Å². The first-order chi connectivity index (χ1) is 10.2. The molecule has 0 radical (unpaired) electrons. The van der Waals surface area contributed by atoms with Gasteiger partial charge in [-0.2, -0.15) is 0 Å². The van der Waals surface area contributed by atoms with Crippen molar-refractivity contribution in [3.63, 3.8) is 0 Å². The van der Waals surface area contributed by atoms with Crippen LogP contribution in [0, 0.1) is 11.8 Å². The summed E-state index contributed by atoms with van der Waals surface area (Å²) in [4.78, 5) is 18.0. The van der Waals surface area contributed by atoms with Crippen LogP contribution in [0.1, 0.15) is 42.2 Å². The zero-order chi connectivity index (χ0) is 15.5. The third-order valence-electron chi connectivity index (χ3n) is 2.89. The van der Waals surface area contributed by atoms with E-state index >= 15 is 0 Å². The molecule has 5 heteroatoms. The summed E-state index contributed by atoms with van der Waals surface area (Å²) in [5, 5.41) is 17.7. The van der Waals surface area contributed by atoms with E-state index < -0.39 is 0 Å². The van der Waals surface area contributed by atoms with Gasteiger partial charge in [-0.15, -0.1) is 0 Å². The third kappa shape index (κ3) is 5.94. The highest BCUT2D eigenvalue weighted by atomic mass is 16.3. The lowest BCUT2D eigenvalue weighted by Gasteiger charge is -2.21. The van der Waals surface area contributed by atoms with Crippen LogP contribution in [-0.2, 0) is 0 Å². The molecule has 0 spiro atoms. The van der Waals surface area contributed by atoms with Crippen molar-refractivity contribution < 1.29 is 15.0 Å². The van der Waals surface area contributed by atoms with Crippen LogP contribution in [0.5, 0.6) is 0 Å². The molecule has 0 aliphatic rings. The van der Waals surface area contributed by atoms with Crippen LogP contribution in [-0.4, -0.2) is 52.3 Å². The molecule has 1 aromatic heterocycles. The van der Waals surface area contributed by atoms with Gasteiger partial charge in [0.05, 0.1) is 13.2 Å². The number of aromatic nitrogens is 1. The molecule has 0 aromatic carbocycles. The second-order valence-corrected chi connectivity index (χ2v) is 4.58. The van der Waals surface area contributed by atoms with E-state index in [2.05, 4.69) is 23.7 Å². The minimum absolute atomic E-state index is 0.0323. The number of unbranched alkanes of at least 4 members (excludes halogenated alkanes) is 1. The minimum Gasteiger partial charge on any atom is -0.395 e. The number of carbonyl (C=O) groups excluding carboxylic acids is 1. The number of aliphatic hydroxyl groups is 2. The Morgan fingerprint density at radius 2 is 2.10 bits per heavy atom. The highest BCUT2D eigenvalue weighted by molar-refractivity contribution is 5.92. The fourth-order valence-corrected chi connectivity index (χ4v) is 1.76. The summed E-state index contributed by atoms with van der Waals surface area (Å²) in [6.07, 6.45) is 3.86. The van der Waals surface area contributed by atoms with Crippen molar-refractivity contribution in [1.82, 2.24) is 9.88 Å². The van der Waals surface area contributed by atoms with Crippen LogP contribution in [0.3, 0.4) is 0 Å². The maximum absolute atomic E-state index is 12.3. The maximum atomic E-state index is 12.3. The second kappa shape index (κ2) is 9.92. The molecule has 0 aliphatic heterocycles. The molecular weight excluding hydrogens is 268 g/mol. The van der Waals surface area contributed by atoms with Gasteiger partial charge in [0.1, 0.15) is 5.69 Å². The topological polar surface area (TPSA) is 73.7 Å². The monoisotopic (exact) mass is 290 g/mol. The van der Waals surface area contributed by atoms with Gasteiger partial charge in [-0.3, -0.25) is 4.79 Å². The maximum Gasteiger partial charge on any atom is 0.272 e. The van der Waals surface area contributed by atoms with Crippen molar-refractivity contribution >= 4 is 5.91 Å². The Labute approximate surface area is 125 Å². The molecular formula is C16H22N2O3. The van der Waals surface area contributed by atoms with E-state index in [9.17, 15) is 4.79 Å². The summed E-state index contributed by atoms with van der Waals surface area (Å²) in [5.41, 5.74) is 1.06. The van der Waals surface area contributed by atoms with Gasteiger partial charge in [0.2, 0.25) is 0 Å². The molecule has 0 bridgehead atoms. The van der Waals surface area contributed by atoms with Gasteiger partial charge in [0.15, 0.2) is 0 Å². The van der Waals surface area contributed by atoms with E-state index in [4.69, 9.17) is 10.2 Å². The first-order valence-corrected chi connectivity index (χ1v) is 7.18. The first kappa shape index (κ1) is 17.2. The van der Waals surface area contributed by atoms with Crippen LogP contribution >= 0.6 is 0 Å². The van der Waals surface area contributed by atoms with E-state index in [-0.39, 0.29) is 19.1 Å². The molecule has 1 amide bonds. The number of rotatable bonds is 7. The minimum atomic E-state index is -0.174. The molecule has 21 heavy (non-hydrogen) atoms. The summed E-state index contributed by atoms with van der Waals surface area (Å²) in [7, 11) is 0. The van der Waals surface area contributed by atoms with E-state index in [0.29, 0.717) is 30.8 Å². The normalized spacial score (nSPS) is 9.86. The Bertz CT molecular complexity index is 488. The van der Waals surface area contributed by atoms with Crippen LogP contribution in [0.2, 0.25) is 0 Å².